The SMILES string of the molecule is CCN(CC)CCOC(=O)c1occ2cc(Br)c(OC)c(OC)c12. The van der Waals surface area contributed by atoms with Gasteiger partial charge in [-0.2, -0.15) is 0 Å². The van der Waals surface area contributed by atoms with Crippen molar-refractivity contribution in [2.45, 2.75) is 13.8 Å². The predicted octanol–water partition coefficient (Wildman–Crippen LogP) is 3.71. The van der Waals surface area contributed by atoms with Gasteiger partial charge in [0.05, 0.1) is 30.3 Å². The summed E-state index contributed by atoms with van der Waals surface area (Å²) in [5, 5.41) is 1.28. The molecular formula is C17H22BrNO5. The van der Waals surface area contributed by atoms with Gasteiger partial charge in [-0.1, -0.05) is 13.8 Å². The van der Waals surface area contributed by atoms with Gasteiger partial charge in [-0.25, -0.2) is 4.79 Å². The van der Waals surface area contributed by atoms with Crippen LogP contribution in [-0.4, -0.2) is 51.3 Å². The lowest BCUT2D eigenvalue weighted by molar-refractivity contribution is 0.0433. The van der Waals surface area contributed by atoms with Crippen molar-refractivity contribution in [3.8, 4) is 11.5 Å². The molecule has 0 N–H and O–H groups in total. The van der Waals surface area contributed by atoms with Crippen LogP contribution in [0.3, 0.4) is 0 Å². The maximum atomic E-state index is 12.4. The van der Waals surface area contributed by atoms with Crippen LogP contribution in [0.5, 0.6) is 11.5 Å². The van der Waals surface area contributed by atoms with Crippen LogP contribution in [0.15, 0.2) is 21.2 Å². The first-order valence-electron chi connectivity index (χ1n) is 7.78. The molecule has 0 saturated carbocycles. The maximum absolute atomic E-state index is 12.4. The van der Waals surface area contributed by atoms with E-state index in [2.05, 4.69) is 34.7 Å². The number of rotatable bonds is 8. The zero-order valence-corrected chi connectivity index (χ0v) is 15.9. The summed E-state index contributed by atoms with van der Waals surface area (Å²) < 4.78 is 22.3. The number of fused-ring (bicyclic) bond motifs is 1. The Labute approximate surface area is 149 Å². The highest BCUT2D eigenvalue weighted by molar-refractivity contribution is 9.10. The third kappa shape index (κ3) is 3.67. The number of methoxy groups -OCH3 is 2. The van der Waals surface area contributed by atoms with Crippen LogP contribution in [0.4, 0.5) is 0 Å². The van der Waals surface area contributed by atoms with Crippen LogP contribution < -0.4 is 9.47 Å². The molecule has 0 fully saturated rings. The van der Waals surface area contributed by atoms with Crippen molar-refractivity contribution in [2.75, 3.05) is 40.5 Å². The summed E-state index contributed by atoms with van der Waals surface area (Å²) in [6, 6.07) is 1.81. The second-order valence-corrected chi connectivity index (χ2v) is 5.97. The van der Waals surface area contributed by atoms with E-state index >= 15 is 0 Å². The smallest absolute Gasteiger partial charge is 0.375 e. The Hall–Kier alpha value is -1.73. The number of likely N-dealkylation sites (N-methyl/N-ethyl adjacent to an activating group) is 1. The molecule has 0 atom stereocenters. The minimum Gasteiger partial charge on any atom is -0.492 e. The molecule has 2 aromatic rings. The van der Waals surface area contributed by atoms with Gasteiger partial charge in [0, 0.05) is 11.9 Å². The number of benzene rings is 1. The molecule has 1 aromatic carbocycles. The van der Waals surface area contributed by atoms with E-state index in [0.29, 0.717) is 30.0 Å². The third-order valence-corrected chi connectivity index (χ3v) is 4.47. The second-order valence-electron chi connectivity index (χ2n) is 5.12. The van der Waals surface area contributed by atoms with Crippen molar-refractivity contribution < 1.29 is 23.4 Å². The fraction of sp³-hybridized carbons (Fsp3) is 0.471. The lowest BCUT2D eigenvalue weighted by Gasteiger charge is -2.17. The Balaban J connectivity index is 2.27. The molecule has 1 aromatic heterocycles. The highest BCUT2D eigenvalue weighted by Gasteiger charge is 2.24. The molecule has 0 unspecified atom stereocenters. The summed E-state index contributed by atoms with van der Waals surface area (Å²) >= 11 is 3.42. The van der Waals surface area contributed by atoms with Gasteiger partial charge in [-0.15, -0.1) is 0 Å². The summed E-state index contributed by atoms with van der Waals surface area (Å²) in [5.74, 6) is 0.543. The van der Waals surface area contributed by atoms with Crippen LogP contribution in [0.25, 0.3) is 10.8 Å². The molecule has 0 bridgehead atoms. The molecule has 7 heteroatoms. The van der Waals surface area contributed by atoms with E-state index in [1.165, 1.54) is 20.5 Å². The molecular weight excluding hydrogens is 378 g/mol. The topological polar surface area (TPSA) is 61.1 Å². The van der Waals surface area contributed by atoms with E-state index in [1.807, 2.05) is 6.07 Å². The minimum absolute atomic E-state index is 0.118. The molecule has 0 radical (unpaired) electrons. The Kier molecular flexibility index (Phi) is 6.51. The largest absolute Gasteiger partial charge is 0.492 e. The van der Waals surface area contributed by atoms with Crippen LogP contribution in [0.2, 0.25) is 0 Å². The van der Waals surface area contributed by atoms with Crippen molar-refractivity contribution in [1.82, 2.24) is 4.90 Å². The number of hydrogen-bond donors (Lipinski definition) is 0. The predicted molar refractivity (Wildman–Crippen MR) is 95.1 cm³/mol. The standard InChI is InChI=1S/C17H22BrNO5/c1-5-19(6-2)7-8-23-17(20)16-13-11(10-24-16)9-12(18)14(21-3)15(13)22-4/h9-10H,5-8H2,1-4H3. The Morgan fingerprint density at radius 2 is 1.88 bits per heavy atom. The van der Waals surface area contributed by atoms with Crippen molar-refractivity contribution in [3.05, 3.63) is 22.6 Å². The van der Waals surface area contributed by atoms with E-state index in [4.69, 9.17) is 18.6 Å². The van der Waals surface area contributed by atoms with Crippen LogP contribution in [-0.2, 0) is 4.74 Å². The lowest BCUT2D eigenvalue weighted by Crippen LogP contribution is -2.27. The fourth-order valence-electron chi connectivity index (χ4n) is 2.54. The van der Waals surface area contributed by atoms with Crippen molar-refractivity contribution >= 4 is 32.7 Å². The molecule has 0 aliphatic rings. The first-order valence-corrected chi connectivity index (χ1v) is 8.57. The number of ether oxygens (including phenoxy) is 3. The molecule has 0 amide bonds. The monoisotopic (exact) mass is 399 g/mol. The highest BCUT2D eigenvalue weighted by atomic mass is 79.9. The number of carbonyl (C=O) groups excluding carboxylic acids is 1. The Morgan fingerprint density at radius 3 is 2.46 bits per heavy atom. The summed E-state index contributed by atoms with van der Waals surface area (Å²) in [7, 11) is 3.06. The van der Waals surface area contributed by atoms with Gasteiger partial charge in [-0.3, -0.25) is 0 Å². The summed E-state index contributed by atoms with van der Waals surface area (Å²) in [4.78, 5) is 14.6. The Morgan fingerprint density at radius 1 is 1.21 bits per heavy atom. The highest BCUT2D eigenvalue weighted by Crippen LogP contribution is 2.43. The number of hydrogen-bond acceptors (Lipinski definition) is 6. The normalized spacial score (nSPS) is 11.1. The van der Waals surface area contributed by atoms with Crippen LogP contribution in [0.1, 0.15) is 24.4 Å². The summed E-state index contributed by atoms with van der Waals surface area (Å²) in [5.41, 5.74) is 0. The van der Waals surface area contributed by atoms with Gasteiger partial charge >= 0.3 is 5.97 Å². The molecule has 0 aliphatic heterocycles. The van der Waals surface area contributed by atoms with Crippen molar-refractivity contribution in [3.63, 3.8) is 0 Å². The number of halogens is 1. The molecule has 1 heterocycles. The average Bonchev–Trinajstić information content (AvgIpc) is 3.00. The summed E-state index contributed by atoms with van der Waals surface area (Å²) in [6.07, 6.45) is 1.50. The minimum atomic E-state index is -0.514. The first kappa shape index (κ1) is 18.6. The van der Waals surface area contributed by atoms with Crippen LogP contribution >= 0.6 is 15.9 Å². The van der Waals surface area contributed by atoms with Crippen molar-refractivity contribution in [1.29, 1.82) is 0 Å². The zero-order chi connectivity index (χ0) is 17.7. The molecule has 24 heavy (non-hydrogen) atoms. The van der Waals surface area contributed by atoms with Gasteiger partial charge < -0.3 is 23.5 Å². The van der Waals surface area contributed by atoms with Gasteiger partial charge in [-0.05, 0) is 35.1 Å². The zero-order valence-electron chi connectivity index (χ0n) is 14.3. The second kappa shape index (κ2) is 8.39. The number of esters is 1. The average molecular weight is 400 g/mol. The van der Waals surface area contributed by atoms with Gasteiger partial charge in [0.15, 0.2) is 11.5 Å². The van der Waals surface area contributed by atoms with E-state index in [0.717, 1.165) is 22.9 Å². The Bertz CT molecular complexity index is 709. The maximum Gasteiger partial charge on any atom is 0.375 e. The van der Waals surface area contributed by atoms with Gasteiger partial charge in [0.25, 0.3) is 0 Å². The summed E-state index contributed by atoms with van der Waals surface area (Å²) in [6.45, 7) is 6.95. The molecule has 0 saturated heterocycles. The fourth-order valence-corrected chi connectivity index (χ4v) is 3.13. The lowest BCUT2D eigenvalue weighted by atomic mass is 10.1. The first-order chi connectivity index (χ1) is 11.6. The quantitative estimate of drug-likeness (QED) is 0.630. The number of nitrogens with zero attached hydrogens (tertiary/aromatic N) is 1. The van der Waals surface area contributed by atoms with E-state index in [1.54, 1.807) is 0 Å². The molecule has 2 rings (SSSR count). The van der Waals surface area contributed by atoms with E-state index in [-0.39, 0.29) is 5.76 Å². The third-order valence-electron chi connectivity index (χ3n) is 3.88. The van der Waals surface area contributed by atoms with Gasteiger partial charge in [0.2, 0.25) is 5.76 Å². The van der Waals surface area contributed by atoms with E-state index in [9.17, 15) is 4.79 Å². The molecule has 132 valence electrons. The number of carbonyl (C=O) groups is 1. The molecule has 0 spiro atoms. The van der Waals surface area contributed by atoms with E-state index < -0.39 is 5.97 Å². The van der Waals surface area contributed by atoms with Crippen molar-refractivity contribution in [2.24, 2.45) is 0 Å². The van der Waals surface area contributed by atoms with Crippen LogP contribution in [0, 0.1) is 0 Å². The number of furan rings is 1. The molecule has 0 aliphatic carbocycles. The molecule has 6 nitrogen and oxygen atoms in total. The van der Waals surface area contributed by atoms with Gasteiger partial charge in [0.1, 0.15) is 6.61 Å².